The number of halogens is 3. The van der Waals surface area contributed by atoms with Crippen LogP contribution in [-0.2, 0) is 0 Å². The van der Waals surface area contributed by atoms with Gasteiger partial charge in [0, 0.05) is 12.1 Å². The molecule has 1 fully saturated rings. The van der Waals surface area contributed by atoms with Crippen LogP contribution in [0.25, 0.3) is 0 Å². The smallest absolute Gasteiger partial charge is 0.254 e. The van der Waals surface area contributed by atoms with E-state index in [2.05, 4.69) is 5.32 Å². The molecule has 6 heteroatoms. The van der Waals surface area contributed by atoms with Crippen molar-refractivity contribution < 1.29 is 13.6 Å². The molecular weight excluding hydrogens is 286 g/mol. The first-order valence-electron chi connectivity index (χ1n) is 6.49. The number of carbonyl (C=O) groups excluding carboxylic acids is 1. The highest BCUT2D eigenvalue weighted by molar-refractivity contribution is 5.94. The molecule has 112 valence electrons. The maximum absolute atomic E-state index is 13.6. The van der Waals surface area contributed by atoms with E-state index in [1.807, 2.05) is 0 Å². The molecule has 0 aromatic heterocycles. The third-order valence-corrected chi connectivity index (χ3v) is 3.77. The van der Waals surface area contributed by atoms with Crippen LogP contribution in [0.3, 0.4) is 0 Å². The van der Waals surface area contributed by atoms with E-state index in [0.717, 1.165) is 25.3 Å². The molecule has 3 N–H and O–H groups in total. The normalized spacial score (nSPS) is 21.4. The molecule has 3 nitrogen and oxygen atoms in total. The second kappa shape index (κ2) is 6.99. The Morgan fingerprint density at radius 3 is 2.70 bits per heavy atom. The molecule has 0 radical (unpaired) electrons. The average molecular weight is 305 g/mol. The van der Waals surface area contributed by atoms with Crippen LogP contribution in [0.5, 0.6) is 0 Å². The number of nitrogens with one attached hydrogen (secondary N) is 1. The first-order chi connectivity index (χ1) is 9.02. The summed E-state index contributed by atoms with van der Waals surface area (Å²) in [6.45, 7) is 2.01. The standard InChI is InChI=1S/C14H18F2N2O.ClH/c1-8-5-10(12(16)6-11(8)15)14(19)18-13-4-2-3-9(13)7-17;/h5-6,9,13H,2-4,7,17H2,1H3,(H,18,19);1H. The number of rotatable bonds is 3. The number of amides is 1. The monoisotopic (exact) mass is 304 g/mol. The van der Waals surface area contributed by atoms with Gasteiger partial charge in [-0.3, -0.25) is 4.79 Å². The maximum Gasteiger partial charge on any atom is 0.254 e. The number of carbonyl (C=O) groups is 1. The lowest BCUT2D eigenvalue weighted by molar-refractivity contribution is 0.0924. The Labute approximate surface area is 123 Å². The van der Waals surface area contributed by atoms with E-state index in [9.17, 15) is 13.6 Å². The summed E-state index contributed by atoms with van der Waals surface area (Å²) in [7, 11) is 0. The number of nitrogens with two attached hydrogens (primary N) is 1. The minimum absolute atomic E-state index is 0. The van der Waals surface area contributed by atoms with Crippen molar-refractivity contribution in [2.24, 2.45) is 11.7 Å². The first-order valence-corrected chi connectivity index (χ1v) is 6.49. The molecule has 0 bridgehead atoms. The van der Waals surface area contributed by atoms with Gasteiger partial charge < -0.3 is 11.1 Å². The highest BCUT2D eigenvalue weighted by atomic mass is 35.5. The zero-order valence-corrected chi connectivity index (χ0v) is 12.1. The second-order valence-corrected chi connectivity index (χ2v) is 5.09. The molecule has 2 unspecified atom stereocenters. The van der Waals surface area contributed by atoms with Crippen LogP contribution in [0.15, 0.2) is 12.1 Å². The van der Waals surface area contributed by atoms with Gasteiger partial charge in [0.15, 0.2) is 0 Å². The van der Waals surface area contributed by atoms with Gasteiger partial charge in [-0.05, 0) is 43.9 Å². The minimum Gasteiger partial charge on any atom is -0.349 e. The minimum atomic E-state index is -0.831. The van der Waals surface area contributed by atoms with Gasteiger partial charge in [0.1, 0.15) is 11.6 Å². The van der Waals surface area contributed by atoms with Crippen molar-refractivity contribution in [3.63, 3.8) is 0 Å². The van der Waals surface area contributed by atoms with Gasteiger partial charge in [-0.25, -0.2) is 8.78 Å². The summed E-state index contributed by atoms with van der Waals surface area (Å²) in [5, 5.41) is 2.80. The van der Waals surface area contributed by atoms with Crippen molar-refractivity contribution in [3.8, 4) is 0 Å². The molecule has 1 saturated carbocycles. The summed E-state index contributed by atoms with van der Waals surface area (Å²) in [4.78, 5) is 12.0. The van der Waals surface area contributed by atoms with E-state index >= 15 is 0 Å². The van der Waals surface area contributed by atoms with Gasteiger partial charge in [-0.15, -0.1) is 12.4 Å². The van der Waals surface area contributed by atoms with Crippen LogP contribution in [0.2, 0.25) is 0 Å². The molecule has 1 aromatic carbocycles. The molecule has 1 amide bonds. The zero-order chi connectivity index (χ0) is 14.0. The van der Waals surface area contributed by atoms with Gasteiger partial charge in [-0.1, -0.05) is 6.42 Å². The third kappa shape index (κ3) is 3.46. The van der Waals surface area contributed by atoms with Crippen molar-refractivity contribution >= 4 is 18.3 Å². The lowest BCUT2D eigenvalue weighted by atomic mass is 10.0. The van der Waals surface area contributed by atoms with E-state index in [0.29, 0.717) is 6.54 Å². The molecule has 0 heterocycles. The Morgan fingerprint density at radius 2 is 2.05 bits per heavy atom. The zero-order valence-electron chi connectivity index (χ0n) is 11.3. The quantitative estimate of drug-likeness (QED) is 0.901. The van der Waals surface area contributed by atoms with Gasteiger partial charge >= 0.3 is 0 Å². The van der Waals surface area contributed by atoms with Crippen LogP contribution < -0.4 is 11.1 Å². The van der Waals surface area contributed by atoms with Crippen molar-refractivity contribution in [2.75, 3.05) is 6.54 Å². The summed E-state index contributed by atoms with van der Waals surface area (Å²) in [5.74, 6) is -1.72. The second-order valence-electron chi connectivity index (χ2n) is 5.09. The highest BCUT2D eigenvalue weighted by Crippen LogP contribution is 2.25. The van der Waals surface area contributed by atoms with Crippen LogP contribution >= 0.6 is 12.4 Å². The molecule has 1 aliphatic carbocycles. The average Bonchev–Trinajstić information content (AvgIpc) is 2.80. The summed E-state index contributed by atoms with van der Waals surface area (Å²) in [6.07, 6.45) is 2.85. The largest absolute Gasteiger partial charge is 0.349 e. The lowest BCUT2D eigenvalue weighted by Gasteiger charge is -2.19. The van der Waals surface area contributed by atoms with Gasteiger partial charge in [0.25, 0.3) is 5.91 Å². The molecule has 0 spiro atoms. The molecule has 0 saturated heterocycles. The van der Waals surface area contributed by atoms with Crippen LogP contribution in [-0.4, -0.2) is 18.5 Å². The number of hydrogen-bond donors (Lipinski definition) is 2. The molecule has 2 atom stereocenters. The Kier molecular flexibility index (Phi) is 5.89. The Bertz CT molecular complexity index is 496. The molecule has 0 aliphatic heterocycles. The summed E-state index contributed by atoms with van der Waals surface area (Å²) in [6, 6.07) is 1.98. The maximum atomic E-state index is 13.6. The van der Waals surface area contributed by atoms with Crippen molar-refractivity contribution in [1.82, 2.24) is 5.32 Å². The van der Waals surface area contributed by atoms with E-state index in [1.54, 1.807) is 0 Å². The van der Waals surface area contributed by atoms with Gasteiger partial charge in [0.2, 0.25) is 0 Å². The molecule has 20 heavy (non-hydrogen) atoms. The van der Waals surface area contributed by atoms with Crippen molar-refractivity contribution in [2.45, 2.75) is 32.2 Å². The van der Waals surface area contributed by atoms with Crippen LogP contribution in [0.1, 0.15) is 35.2 Å². The molecular formula is C14H19ClF2N2O. The van der Waals surface area contributed by atoms with Crippen molar-refractivity contribution in [1.29, 1.82) is 0 Å². The molecule has 2 rings (SSSR count). The number of hydrogen-bond acceptors (Lipinski definition) is 2. The van der Waals surface area contributed by atoms with E-state index in [-0.39, 0.29) is 35.5 Å². The van der Waals surface area contributed by atoms with Crippen LogP contribution in [0, 0.1) is 24.5 Å². The Hall–Kier alpha value is -1.20. The fourth-order valence-corrected chi connectivity index (χ4v) is 2.59. The van der Waals surface area contributed by atoms with Crippen molar-refractivity contribution in [3.05, 3.63) is 34.9 Å². The summed E-state index contributed by atoms with van der Waals surface area (Å²) >= 11 is 0. The Balaban J connectivity index is 0.00000200. The third-order valence-electron chi connectivity index (χ3n) is 3.77. The van der Waals surface area contributed by atoms with E-state index in [4.69, 9.17) is 5.73 Å². The van der Waals surface area contributed by atoms with Gasteiger partial charge in [0.05, 0.1) is 5.56 Å². The van der Waals surface area contributed by atoms with Crippen LogP contribution in [0.4, 0.5) is 8.78 Å². The number of benzene rings is 1. The predicted molar refractivity (Wildman–Crippen MR) is 76.0 cm³/mol. The highest BCUT2D eigenvalue weighted by Gasteiger charge is 2.28. The predicted octanol–water partition coefficient (Wildman–Crippen LogP) is 2.55. The molecule has 1 aromatic rings. The SMILES string of the molecule is Cc1cc(C(=O)NC2CCCC2CN)c(F)cc1F.Cl. The lowest BCUT2D eigenvalue weighted by Crippen LogP contribution is -2.40. The topological polar surface area (TPSA) is 55.1 Å². The van der Waals surface area contributed by atoms with Gasteiger partial charge in [-0.2, -0.15) is 0 Å². The Morgan fingerprint density at radius 1 is 1.35 bits per heavy atom. The fourth-order valence-electron chi connectivity index (χ4n) is 2.59. The van der Waals surface area contributed by atoms with E-state index < -0.39 is 17.5 Å². The summed E-state index contributed by atoms with van der Waals surface area (Å²) in [5.41, 5.74) is 5.79. The molecule has 1 aliphatic rings. The number of aryl methyl sites for hydroxylation is 1. The summed E-state index contributed by atoms with van der Waals surface area (Å²) < 4.78 is 26.8. The van der Waals surface area contributed by atoms with E-state index in [1.165, 1.54) is 13.0 Å². The fraction of sp³-hybridized carbons (Fsp3) is 0.500. The first kappa shape index (κ1) is 16.9.